The van der Waals surface area contributed by atoms with Crippen LogP contribution in [0.25, 0.3) is 0 Å². The fourth-order valence-electron chi connectivity index (χ4n) is 1.89. The fourth-order valence-corrected chi connectivity index (χ4v) is 1.89. The van der Waals surface area contributed by atoms with Crippen molar-refractivity contribution in [1.29, 1.82) is 0 Å². The molecule has 1 amide bonds. The van der Waals surface area contributed by atoms with E-state index in [1.807, 2.05) is 0 Å². The molecule has 3 N–H and O–H groups in total. The fraction of sp³-hybridized carbons (Fsp3) is 0.900. The van der Waals surface area contributed by atoms with Gasteiger partial charge in [0.15, 0.2) is 0 Å². The van der Waals surface area contributed by atoms with Gasteiger partial charge in [-0.25, -0.2) is 0 Å². The second-order valence-electron chi connectivity index (χ2n) is 4.22. The summed E-state index contributed by atoms with van der Waals surface area (Å²) in [5.41, 5.74) is 5.53. The maximum absolute atomic E-state index is 11.6. The highest BCUT2D eigenvalue weighted by molar-refractivity contribution is 5.81. The molecule has 0 aliphatic carbocycles. The molecule has 1 aliphatic heterocycles. The van der Waals surface area contributed by atoms with Gasteiger partial charge >= 0.3 is 0 Å². The maximum atomic E-state index is 11.6. The number of carbonyl (C=O) groups excluding carboxylic acids is 1. The van der Waals surface area contributed by atoms with Crippen LogP contribution in [-0.2, 0) is 4.79 Å². The predicted molar refractivity (Wildman–Crippen MR) is 54.6 cm³/mol. The lowest BCUT2D eigenvalue weighted by Crippen LogP contribution is -2.48. The normalized spacial score (nSPS) is 27.1. The first-order chi connectivity index (χ1) is 6.52. The first-order valence-electron chi connectivity index (χ1n) is 5.24. The second kappa shape index (κ2) is 4.75. The summed E-state index contributed by atoms with van der Waals surface area (Å²) in [6.07, 6.45) is 1.63. The van der Waals surface area contributed by atoms with E-state index in [4.69, 9.17) is 5.73 Å². The minimum Gasteiger partial charge on any atom is -0.393 e. The summed E-state index contributed by atoms with van der Waals surface area (Å²) in [6, 6.07) is -0.428. The topological polar surface area (TPSA) is 66.6 Å². The van der Waals surface area contributed by atoms with E-state index in [-0.39, 0.29) is 17.9 Å². The number of nitrogens with two attached hydrogens (primary N) is 1. The largest absolute Gasteiger partial charge is 0.393 e. The van der Waals surface area contributed by atoms with Gasteiger partial charge in [0.05, 0.1) is 12.1 Å². The van der Waals surface area contributed by atoms with E-state index >= 15 is 0 Å². The van der Waals surface area contributed by atoms with Gasteiger partial charge in [-0.2, -0.15) is 0 Å². The molecule has 0 bridgehead atoms. The Labute approximate surface area is 85.1 Å². The average Bonchev–Trinajstić information content (AvgIpc) is 2.16. The number of nitrogens with zero attached hydrogens (tertiary/aromatic N) is 1. The zero-order valence-corrected chi connectivity index (χ0v) is 8.94. The summed E-state index contributed by atoms with van der Waals surface area (Å²) in [5, 5.41) is 9.45. The van der Waals surface area contributed by atoms with Crippen LogP contribution in [0, 0.1) is 5.92 Å². The van der Waals surface area contributed by atoms with E-state index in [1.54, 1.807) is 18.7 Å². The Morgan fingerprint density at radius 3 is 2.71 bits per heavy atom. The lowest BCUT2D eigenvalue weighted by Gasteiger charge is -2.35. The van der Waals surface area contributed by atoms with Gasteiger partial charge < -0.3 is 15.7 Å². The lowest BCUT2D eigenvalue weighted by atomic mass is 9.93. The molecule has 1 rings (SSSR count). The second-order valence-corrected chi connectivity index (χ2v) is 4.22. The summed E-state index contributed by atoms with van der Waals surface area (Å²) in [4.78, 5) is 13.4. The molecule has 4 heteroatoms. The Kier molecular flexibility index (Phi) is 3.89. The minimum atomic E-state index is -0.428. The molecular formula is C10H20N2O2. The standard InChI is InChI=1S/C10H20N2O2/c1-7(11)10(14)12-5-3-4-9(6-12)8(2)13/h7-9,13H,3-6,11H2,1-2H3/t7-,8-,9+/m0/s1. The summed E-state index contributed by atoms with van der Waals surface area (Å²) < 4.78 is 0. The highest BCUT2D eigenvalue weighted by Crippen LogP contribution is 2.19. The molecule has 1 heterocycles. The van der Waals surface area contributed by atoms with Crippen LogP contribution in [0.4, 0.5) is 0 Å². The lowest BCUT2D eigenvalue weighted by molar-refractivity contribution is -0.134. The molecule has 1 aliphatic rings. The van der Waals surface area contributed by atoms with Crippen LogP contribution < -0.4 is 5.73 Å². The van der Waals surface area contributed by atoms with Crippen molar-refractivity contribution in [2.24, 2.45) is 11.7 Å². The number of amides is 1. The zero-order chi connectivity index (χ0) is 10.7. The first-order valence-corrected chi connectivity index (χ1v) is 5.24. The third kappa shape index (κ3) is 2.69. The van der Waals surface area contributed by atoms with Crippen LogP contribution >= 0.6 is 0 Å². The maximum Gasteiger partial charge on any atom is 0.239 e. The average molecular weight is 200 g/mol. The van der Waals surface area contributed by atoms with Crippen LogP contribution in [0.1, 0.15) is 26.7 Å². The Morgan fingerprint density at radius 1 is 1.57 bits per heavy atom. The number of likely N-dealkylation sites (tertiary alicyclic amines) is 1. The van der Waals surface area contributed by atoms with Crippen LogP contribution in [0.5, 0.6) is 0 Å². The van der Waals surface area contributed by atoms with Crippen molar-refractivity contribution in [3.05, 3.63) is 0 Å². The Balaban J connectivity index is 2.51. The molecule has 4 nitrogen and oxygen atoms in total. The summed E-state index contributed by atoms with van der Waals surface area (Å²) in [7, 11) is 0. The Hall–Kier alpha value is -0.610. The van der Waals surface area contributed by atoms with Gasteiger partial charge in [0.1, 0.15) is 0 Å². The number of rotatable bonds is 2. The van der Waals surface area contributed by atoms with E-state index in [2.05, 4.69) is 0 Å². The molecule has 82 valence electrons. The van der Waals surface area contributed by atoms with E-state index in [0.29, 0.717) is 6.54 Å². The molecule has 0 unspecified atom stereocenters. The molecule has 0 aromatic carbocycles. The van der Waals surface area contributed by atoms with Crippen LogP contribution in [0.15, 0.2) is 0 Å². The third-order valence-electron chi connectivity index (χ3n) is 2.84. The number of aliphatic hydroxyl groups is 1. The first kappa shape index (κ1) is 11.5. The Morgan fingerprint density at radius 2 is 2.21 bits per heavy atom. The summed E-state index contributed by atoms with van der Waals surface area (Å²) >= 11 is 0. The monoisotopic (exact) mass is 200 g/mol. The van der Waals surface area contributed by atoms with Crippen LogP contribution in [0.2, 0.25) is 0 Å². The Bertz CT molecular complexity index is 204. The van der Waals surface area contributed by atoms with Gasteiger partial charge in [-0.15, -0.1) is 0 Å². The molecular weight excluding hydrogens is 180 g/mol. The van der Waals surface area contributed by atoms with Crippen molar-refractivity contribution in [3.63, 3.8) is 0 Å². The molecule has 0 radical (unpaired) electrons. The zero-order valence-electron chi connectivity index (χ0n) is 8.94. The van der Waals surface area contributed by atoms with Gasteiger partial charge in [0.2, 0.25) is 5.91 Å². The van der Waals surface area contributed by atoms with E-state index in [9.17, 15) is 9.90 Å². The summed E-state index contributed by atoms with van der Waals surface area (Å²) in [5.74, 6) is 0.210. The van der Waals surface area contributed by atoms with Crippen molar-refractivity contribution in [3.8, 4) is 0 Å². The van der Waals surface area contributed by atoms with Crippen molar-refractivity contribution >= 4 is 5.91 Å². The van der Waals surface area contributed by atoms with E-state index < -0.39 is 6.04 Å². The predicted octanol–water partition coefficient (Wildman–Crippen LogP) is -0.0470. The van der Waals surface area contributed by atoms with Gasteiger partial charge in [-0.05, 0) is 26.7 Å². The smallest absolute Gasteiger partial charge is 0.239 e. The highest BCUT2D eigenvalue weighted by Gasteiger charge is 2.27. The van der Waals surface area contributed by atoms with Gasteiger partial charge in [0, 0.05) is 19.0 Å². The SMILES string of the molecule is C[C@H](N)C(=O)N1CCC[C@@H]([C@H](C)O)C1. The van der Waals surface area contributed by atoms with E-state index in [0.717, 1.165) is 19.4 Å². The van der Waals surface area contributed by atoms with Crippen molar-refractivity contribution in [2.75, 3.05) is 13.1 Å². The third-order valence-corrected chi connectivity index (χ3v) is 2.84. The molecule has 0 aromatic rings. The number of hydrogen-bond donors (Lipinski definition) is 2. The minimum absolute atomic E-state index is 0.00431. The molecule has 1 fully saturated rings. The number of aliphatic hydroxyl groups excluding tert-OH is 1. The molecule has 0 saturated carbocycles. The number of piperidine rings is 1. The van der Waals surface area contributed by atoms with Crippen LogP contribution in [-0.4, -0.2) is 41.1 Å². The highest BCUT2D eigenvalue weighted by atomic mass is 16.3. The van der Waals surface area contributed by atoms with Crippen LogP contribution in [0.3, 0.4) is 0 Å². The quantitative estimate of drug-likeness (QED) is 0.657. The van der Waals surface area contributed by atoms with Gasteiger partial charge in [-0.3, -0.25) is 4.79 Å². The van der Waals surface area contributed by atoms with Crippen molar-refractivity contribution in [1.82, 2.24) is 4.90 Å². The molecule has 0 spiro atoms. The van der Waals surface area contributed by atoms with E-state index in [1.165, 1.54) is 0 Å². The molecule has 1 saturated heterocycles. The number of carbonyl (C=O) groups is 1. The van der Waals surface area contributed by atoms with Gasteiger partial charge in [0.25, 0.3) is 0 Å². The van der Waals surface area contributed by atoms with Crippen molar-refractivity contribution in [2.45, 2.75) is 38.8 Å². The molecule has 0 aromatic heterocycles. The molecule has 14 heavy (non-hydrogen) atoms. The van der Waals surface area contributed by atoms with Gasteiger partial charge in [-0.1, -0.05) is 0 Å². The molecule has 3 atom stereocenters. The van der Waals surface area contributed by atoms with Crippen molar-refractivity contribution < 1.29 is 9.90 Å². The number of hydrogen-bond acceptors (Lipinski definition) is 3. The summed E-state index contributed by atoms with van der Waals surface area (Å²) in [6.45, 7) is 4.92.